The van der Waals surface area contributed by atoms with E-state index in [1.165, 1.54) is 6.33 Å². The number of nitrogens with one attached hydrogen (secondary N) is 1. The van der Waals surface area contributed by atoms with E-state index in [4.69, 9.17) is 11.6 Å². The van der Waals surface area contributed by atoms with Crippen LogP contribution >= 0.6 is 11.6 Å². The first-order chi connectivity index (χ1) is 12.7. The van der Waals surface area contributed by atoms with Crippen molar-refractivity contribution in [1.82, 2.24) is 29.5 Å². The number of amides is 1. The molecule has 1 aromatic carbocycles. The molecule has 0 atom stereocenters. The molecule has 4 rings (SSSR count). The van der Waals surface area contributed by atoms with Gasteiger partial charge in [-0.2, -0.15) is 14.9 Å². The predicted molar refractivity (Wildman–Crippen MR) is 97.9 cm³/mol. The highest BCUT2D eigenvalue weighted by Gasteiger charge is 2.17. The number of rotatable bonds is 4. The number of aromatic nitrogens is 6. The fourth-order valence-corrected chi connectivity index (χ4v) is 2.75. The van der Waals surface area contributed by atoms with E-state index in [0.29, 0.717) is 22.7 Å². The number of carbonyl (C=O) groups excluding carboxylic acids is 1. The van der Waals surface area contributed by atoms with E-state index >= 15 is 0 Å². The normalized spacial score (nSPS) is 11.0. The van der Waals surface area contributed by atoms with Gasteiger partial charge >= 0.3 is 0 Å². The zero-order valence-electron chi connectivity index (χ0n) is 13.8. The number of hydrogen-bond acceptors (Lipinski definition) is 5. The molecule has 3 heterocycles. The van der Waals surface area contributed by atoms with Gasteiger partial charge in [0.15, 0.2) is 11.5 Å². The van der Waals surface area contributed by atoms with E-state index < -0.39 is 0 Å². The molecule has 0 unspecified atom stereocenters. The minimum absolute atomic E-state index is 0.144. The highest BCUT2D eigenvalue weighted by atomic mass is 35.5. The van der Waals surface area contributed by atoms with Crippen LogP contribution in [0.15, 0.2) is 48.9 Å². The summed E-state index contributed by atoms with van der Waals surface area (Å²) in [7, 11) is 0. The number of alkyl halides is 1. The lowest BCUT2D eigenvalue weighted by Crippen LogP contribution is -2.16. The van der Waals surface area contributed by atoms with Crippen molar-refractivity contribution in [2.45, 2.75) is 6.92 Å². The monoisotopic (exact) mass is 367 g/mol. The van der Waals surface area contributed by atoms with Crippen LogP contribution in [0, 0.1) is 6.92 Å². The molecule has 0 bridgehead atoms. The molecule has 0 saturated heterocycles. The number of para-hydroxylation sites is 1. The van der Waals surface area contributed by atoms with Crippen molar-refractivity contribution in [2.24, 2.45) is 0 Å². The Morgan fingerprint density at radius 3 is 2.77 bits per heavy atom. The highest BCUT2D eigenvalue weighted by Crippen LogP contribution is 2.24. The number of anilines is 1. The number of fused-ring (bicyclic) bond motifs is 1. The van der Waals surface area contributed by atoms with Crippen LogP contribution in [0.4, 0.5) is 5.82 Å². The van der Waals surface area contributed by atoms with E-state index in [-0.39, 0.29) is 11.8 Å². The van der Waals surface area contributed by atoms with Crippen molar-refractivity contribution in [2.75, 3.05) is 11.2 Å². The van der Waals surface area contributed by atoms with Crippen LogP contribution in [-0.2, 0) is 4.79 Å². The smallest absolute Gasteiger partial charge is 0.240 e. The van der Waals surface area contributed by atoms with Gasteiger partial charge in [-0.05, 0) is 19.1 Å². The summed E-state index contributed by atoms with van der Waals surface area (Å²) in [4.78, 5) is 20.4. The predicted octanol–water partition coefficient (Wildman–Crippen LogP) is 2.49. The van der Waals surface area contributed by atoms with Gasteiger partial charge in [0, 0.05) is 6.07 Å². The highest BCUT2D eigenvalue weighted by molar-refractivity contribution is 6.29. The molecule has 0 aliphatic rings. The van der Waals surface area contributed by atoms with E-state index in [9.17, 15) is 4.79 Å². The first-order valence-electron chi connectivity index (χ1n) is 7.84. The minimum atomic E-state index is -0.321. The molecule has 0 saturated carbocycles. The summed E-state index contributed by atoms with van der Waals surface area (Å²) in [6.07, 6.45) is 3.13. The quantitative estimate of drug-likeness (QED) is 0.559. The maximum Gasteiger partial charge on any atom is 0.240 e. The zero-order valence-corrected chi connectivity index (χ0v) is 14.6. The SMILES string of the molecule is Cc1cc(NC(=O)CCl)n(-c2ncnc3c2cnn3-c2ccccc2)n1. The topological polar surface area (TPSA) is 90.5 Å². The first-order valence-corrected chi connectivity index (χ1v) is 8.38. The summed E-state index contributed by atoms with van der Waals surface area (Å²) in [5.41, 5.74) is 2.26. The summed E-state index contributed by atoms with van der Waals surface area (Å²) in [5.74, 6) is 0.545. The van der Waals surface area contributed by atoms with E-state index in [1.54, 1.807) is 21.6 Å². The maximum absolute atomic E-state index is 11.7. The fraction of sp³-hybridized carbons (Fsp3) is 0.118. The molecule has 0 spiro atoms. The van der Waals surface area contributed by atoms with Crippen LogP contribution in [0.5, 0.6) is 0 Å². The minimum Gasteiger partial charge on any atom is -0.309 e. The Morgan fingerprint density at radius 1 is 1.19 bits per heavy atom. The molecule has 8 nitrogen and oxygen atoms in total. The largest absolute Gasteiger partial charge is 0.309 e. The van der Waals surface area contributed by atoms with Crippen LogP contribution in [0.1, 0.15) is 5.69 Å². The Bertz CT molecular complexity index is 1090. The van der Waals surface area contributed by atoms with Crippen LogP contribution in [-0.4, -0.2) is 41.3 Å². The lowest BCUT2D eigenvalue weighted by atomic mass is 10.3. The summed E-state index contributed by atoms with van der Waals surface area (Å²) in [5, 5.41) is 12.3. The van der Waals surface area contributed by atoms with Gasteiger partial charge in [0.2, 0.25) is 5.91 Å². The molecule has 130 valence electrons. The Balaban J connectivity index is 1.87. The number of hydrogen-bond donors (Lipinski definition) is 1. The molecule has 0 fully saturated rings. The Hall–Kier alpha value is -3.26. The molecule has 3 aromatic heterocycles. The van der Waals surface area contributed by atoms with Crippen LogP contribution in [0.25, 0.3) is 22.5 Å². The van der Waals surface area contributed by atoms with Crippen molar-refractivity contribution in [3.05, 3.63) is 54.6 Å². The fourth-order valence-electron chi connectivity index (χ4n) is 2.68. The van der Waals surface area contributed by atoms with Crippen molar-refractivity contribution in [3.63, 3.8) is 0 Å². The lowest BCUT2D eigenvalue weighted by molar-refractivity contribution is -0.114. The summed E-state index contributed by atoms with van der Waals surface area (Å²) < 4.78 is 3.29. The molecule has 1 N–H and O–H groups in total. The van der Waals surface area contributed by atoms with E-state index in [0.717, 1.165) is 11.4 Å². The first kappa shape index (κ1) is 16.2. The molecule has 4 aromatic rings. The Labute approximate surface area is 153 Å². The Morgan fingerprint density at radius 2 is 2.00 bits per heavy atom. The molecule has 1 amide bonds. The van der Waals surface area contributed by atoms with Crippen molar-refractivity contribution >= 4 is 34.4 Å². The molecular formula is C17H14ClN7O. The van der Waals surface area contributed by atoms with Crippen LogP contribution < -0.4 is 5.32 Å². The molecule has 0 aliphatic carbocycles. The summed E-state index contributed by atoms with van der Waals surface area (Å²) >= 11 is 5.59. The van der Waals surface area contributed by atoms with Gasteiger partial charge < -0.3 is 5.32 Å². The average molecular weight is 368 g/mol. The summed E-state index contributed by atoms with van der Waals surface area (Å²) in [6.45, 7) is 1.83. The van der Waals surface area contributed by atoms with Crippen molar-refractivity contribution < 1.29 is 4.79 Å². The van der Waals surface area contributed by atoms with Gasteiger partial charge in [0.05, 0.1) is 23.0 Å². The van der Waals surface area contributed by atoms with E-state index in [1.807, 2.05) is 37.3 Å². The second-order valence-electron chi connectivity index (χ2n) is 5.59. The number of carbonyl (C=O) groups is 1. The molecular weight excluding hydrogens is 354 g/mol. The van der Waals surface area contributed by atoms with Gasteiger partial charge in [0.25, 0.3) is 0 Å². The average Bonchev–Trinajstić information content (AvgIpc) is 3.25. The molecule has 26 heavy (non-hydrogen) atoms. The molecule has 0 radical (unpaired) electrons. The second-order valence-corrected chi connectivity index (χ2v) is 5.86. The molecule has 9 heteroatoms. The summed E-state index contributed by atoms with van der Waals surface area (Å²) in [6, 6.07) is 11.4. The van der Waals surface area contributed by atoms with Gasteiger partial charge in [-0.3, -0.25) is 4.79 Å². The standard InChI is InChI=1S/C17H14ClN7O/c1-11-7-14(22-15(26)8-18)25(23-11)17-13-9-21-24(16(13)19-10-20-17)12-5-3-2-4-6-12/h2-7,9-10H,8H2,1H3,(H,22,26). The van der Waals surface area contributed by atoms with Crippen LogP contribution in [0.2, 0.25) is 0 Å². The third-order valence-corrected chi connectivity index (χ3v) is 4.01. The third-order valence-electron chi connectivity index (χ3n) is 3.77. The number of aryl methyl sites for hydroxylation is 1. The van der Waals surface area contributed by atoms with Gasteiger partial charge in [-0.1, -0.05) is 18.2 Å². The second kappa shape index (κ2) is 6.57. The third kappa shape index (κ3) is 2.80. The van der Waals surface area contributed by atoms with E-state index in [2.05, 4.69) is 25.5 Å². The lowest BCUT2D eigenvalue weighted by Gasteiger charge is -2.08. The van der Waals surface area contributed by atoms with Gasteiger partial charge in [0.1, 0.15) is 18.0 Å². The van der Waals surface area contributed by atoms with Crippen molar-refractivity contribution in [3.8, 4) is 11.5 Å². The van der Waals surface area contributed by atoms with Gasteiger partial charge in [-0.15, -0.1) is 11.6 Å². The number of nitrogens with zero attached hydrogens (tertiary/aromatic N) is 6. The van der Waals surface area contributed by atoms with Crippen molar-refractivity contribution in [1.29, 1.82) is 0 Å². The zero-order chi connectivity index (χ0) is 18.1. The number of halogens is 1. The number of benzene rings is 1. The maximum atomic E-state index is 11.7. The van der Waals surface area contributed by atoms with Gasteiger partial charge in [-0.25, -0.2) is 14.6 Å². The Kier molecular flexibility index (Phi) is 4.10. The van der Waals surface area contributed by atoms with Crippen LogP contribution in [0.3, 0.4) is 0 Å². The molecule has 0 aliphatic heterocycles.